The van der Waals surface area contributed by atoms with E-state index in [9.17, 15) is 9.18 Å². The topological polar surface area (TPSA) is 59.8 Å². The Morgan fingerprint density at radius 3 is 2.76 bits per heavy atom. The lowest BCUT2D eigenvalue weighted by molar-refractivity contribution is -0.115. The van der Waals surface area contributed by atoms with Gasteiger partial charge in [0.2, 0.25) is 5.91 Å². The van der Waals surface area contributed by atoms with E-state index in [2.05, 4.69) is 31.4 Å². The minimum atomic E-state index is -0.493. The number of para-hydroxylation sites is 1. The lowest BCUT2D eigenvalue weighted by Crippen LogP contribution is -2.23. The fourth-order valence-corrected chi connectivity index (χ4v) is 3.28. The van der Waals surface area contributed by atoms with E-state index in [4.69, 9.17) is 0 Å². The number of nitrogens with one attached hydrogen (secondary N) is 1. The molecule has 0 radical (unpaired) electrons. The average Bonchev–Trinajstić information content (AvgIpc) is 3.06. The van der Waals surface area contributed by atoms with Crippen LogP contribution in [0.2, 0.25) is 0 Å². The Hall–Kier alpha value is -2.19. The van der Waals surface area contributed by atoms with Gasteiger partial charge in [-0.2, -0.15) is 0 Å². The second-order valence-electron chi connectivity index (χ2n) is 5.19. The molecule has 1 heterocycles. The summed E-state index contributed by atoms with van der Waals surface area (Å²) in [6.07, 6.45) is 1.59. The van der Waals surface area contributed by atoms with Crippen molar-refractivity contribution in [3.05, 3.63) is 65.1 Å². The molecule has 1 unspecified atom stereocenters. The first-order valence-electron chi connectivity index (χ1n) is 7.42. The summed E-state index contributed by atoms with van der Waals surface area (Å²) in [5.74, 6) is -0.804. The van der Waals surface area contributed by atoms with Gasteiger partial charge in [0, 0.05) is 10.2 Å². The van der Waals surface area contributed by atoms with Crippen LogP contribution in [0.3, 0.4) is 0 Å². The van der Waals surface area contributed by atoms with Gasteiger partial charge in [0.05, 0.1) is 10.9 Å². The molecule has 1 aromatic heterocycles. The second-order valence-corrected chi connectivity index (χ2v) is 7.42. The Bertz CT molecular complexity index is 887. The van der Waals surface area contributed by atoms with Crippen LogP contribution in [0, 0.1) is 5.82 Å². The van der Waals surface area contributed by atoms with E-state index in [1.54, 1.807) is 23.9 Å². The van der Waals surface area contributed by atoms with Gasteiger partial charge in [0.25, 0.3) is 0 Å². The molecule has 3 aromatic rings. The zero-order valence-electron chi connectivity index (χ0n) is 13.2. The highest BCUT2D eigenvalue weighted by molar-refractivity contribution is 9.10. The van der Waals surface area contributed by atoms with Crippen LogP contribution >= 0.6 is 27.7 Å². The van der Waals surface area contributed by atoms with Gasteiger partial charge in [-0.25, -0.2) is 4.39 Å². The largest absolute Gasteiger partial charge is 0.323 e. The maximum absolute atomic E-state index is 13.9. The van der Waals surface area contributed by atoms with Gasteiger partial charge in [-0.3, -0.25) is 9.36 Å². The summed E-state index contributed by atoms with van der Waals surface area (Å²) in [4.78, 5) is 12.4. The van der Waals surface area contributed by atoms with E-state index in [0.717, 1.165) is 5.69 Å². The lowest BCUT2D eigenvalue weighted by atomic mass is 10.3. The first-order valence-corrected chi connectivity index (χ1v) is 9.10. The van der Waals surface area contributed by atoms with Gasteiger partial charge in [-0.15, -0.1) is 10.2 Å². The molecule has 0 saturated carbocycles. The fraction of sp³-hybridized carbons (Fsp3) is 0.118. The Labute approximate surface area is 156 Å². The van der Waals surface area contributed by atoms with Crippen LogP contribution in [0.4, 0.5) is 10.1 Å². The van der Waals surface area contributed by atoms with Crippen molar-refractivity contribution in [2.75, 3.05) is 5.32 Å². The molecule has 0 aliphatic rings. The molecule has 0 spiro atoms. The SMILES string of the molecule is CC(Sc1nncn1-c1ccccc1)C(=O)Nc1ccc(Br)cc1F. The number of carbonyl (C=O) groups is 1. The summed E-state index contributed by atoms with van der Waals surface area (Å²) < 4.78 is 16.3. The van der Waals surface area contributed by atoms with Gasteiger partial charge in [-0.05, 0) is 37.3 Å². The highest BCUT2D eigenvalue weighted by atomic mass is 79.9. The molecule has 0 fully saturated rings. The number of amides is 1. The van der Waals surface area contributed by atoms with Crippen LogP contribution in [-0.2, 0) is 4.79 Å². The van der Waals surface area contributed by atoms with Gasteiger partial charge in [-0.1, -0.05) is 45.9 Å². The number of nitrogens with zero attached hydrogens (tertiary/aromatic N) is 3. The summed E-state index contributed by atoms with van der Waals surface area (Å²) in [7, 11) is 0. The number of aromatic nitrogens is 3. The van der Waals surface area contributed by atoms with Crippen molar-refractivity contribution in [3.63, 3.8) is 0 Å². The minimum absolute atomic E-state index is 0.144. The molecule has 0 aliphatic carbocycles. The molecular weight excluding hydrogens is 407 g/mol. The fourth-order valence-electron chi connectivity index (χ4n) is 2.11. The number of hydrogen-bond acceptors (Lipinski definition) is 4. The molecular formula is C17H14BrFN4OS. The van der Waals surface area contributed by atoms with Crippen LogP contribution in [0.25, 0.3) is 5.69 Å². The Morgan fingerprint density at radius 1 is 1.28 bits per heavy atom. The lowest BCUT2D eigenvalue weighted by Gasteiger charge is -2.13. The quantitative estimate of drug-likeness (QED) is 0.625. The van der Waals surface area contributed by atoms with Gasteiger partial charge in [0.15, 0.2) is 5.16 Å². The summed E-state index contributed by atoms with van der Waals surface area (Å²) in [6.45, 7) is 1.74. The minimum Gasteiger partial charge on any atom is -0.323 e. The summed E-state index contributed by atoms with van der Waals surface area (Å²) in [5, 5.41) is 10.7. The highest BCUT2D eigenvalue weighted by Gasteiger charge is 2.19. The van der Waals surface area contributed by atoms with Crippen LogP contribution in [0.1, 0.15) is 6.92 Å². The van der Waals surface area contributed by atoms with E-state index in [1.165, 1.54) is 23.9 Å². The third-order valence-corrected chi connectivity index (χ3v) is 4.94. The normalized spacial score (nSPS) is 12.0. The molecule has 0 bridgehead atoms. The van der Waals surface area contributed by atoms with Crippen LogP contribution in [0.15, 0.2) is 64.5 Å². The van der Waals surface area contributed by atoms with Gasteiger partial charge in [0.1, 0.15) is 12.1 Å². The molecule has 5 nitrogen and oxygen atoms in total. The first kappa shape index (κ1) is 17.6. The number of thioether (sulfide) groups is 1. The summed E-state index contributed by atoms with van der Waals surface area (Å²) in [6, 6.07) is 14.1. The van der Waals surface area contributed by atoms with Crippen LogP contribution < -0.4 is 5.32 Å². The summed E-state index contributed by atoms with van der Waals surface area (Å²) in [5.41, 5.74) is 1.05. The highest BCUT2D eigenvalue weighted by Crippen LogP contribution is 2.25. The molecule has 1 N–H and O–H groups in total. The molecule has 128 valence electrons. The third kappa shape index (κ3) is 4.26. The van der Waals surface area contributed by atoms with E-state index >= 15 is 0 Å². The van der Waals surface area contributed by atoms with Crippen molar-refractivity contribution in [2.24, 2.45) is 0 Å². The Balaban J connectivity index is 1.71. The first-order chi connectivity index (χ1) is 12.0. The standard InChI is InChI=1S/C17H14BrFN4OS/c1-11(16(24)21-15-8-7-12(18)9-14(15)19)25-17-22-20-10-23(17)13-5-3-2-4-6-13/h2-11H,1H3,(H,21,24). The molecule has 1 amide bonds. The third-order valence-electron chi connectivity index (χ3n) is 3.39. The van der Waals surface area contributed by atoms with Gasteiger partial charge >= 0.3 is 0 Å². The zero-order valence-corrected chi connectivity index (χ0v) is 15.6. The number of benzene rings is 2. The predicted molar refractivity (Wildman–Crippen MR) is 99.4 cm³/mol. The molecule has 1 atom stereocenters. The molecule has 3 rings (SSSR count). The van der Waals surface area contributed by atoms with E-state index in [-0.39, 0.29) is 11.6 Å². The van der Waals surface area contributed by atoms with Crippen molar-refractivity contribution in [1.29, 1.82) is 0 Å². The van der Waals surface area contributed by atoms with Crippen molar-refractivity contribution in [3.8, 4) is 5.69 Å². The second kappa shape index (κ2) is 7.79. The monoisotopic (exact) mass is 420 g/mol. The number of anilines is 1. The number of halogens is 2. The molecule has 0 saturated heterocycles. The number of carbonyl (C=O) groups excluding carboxylic acids is 1. The maximum Gasteiger partial charge on any atom is 0.237 e. The molecule has 25 heavy (non-hydrogen) atoms. The number of rotatable bonds is 5. The van der Waals surface area contributed by atoms with Crippen molar-refractivity contribution in [1.82, 2.24) is 14.8 Å². The Kier molecular flexibility index (Phi) is 5.50. The summed E-state index contributed by atoms with van der Waals surface area (Å²) >= 11 is 4.44. The smallest absolute Gasteiger partial charge is 0.237 e. The zero-order chi connectivity index (χ0) is 17.8. The van der Waals surface area contributed by atoms with Gasteiger partial charge < -0.3 is 5.32 Å². The van der Waals surface area contributed by atoms with E-state index in [0.29, 0.717) is 9.63 Å². The van der Waals surface area contributed by atoms with E-state index in [1.807, 2.05) is 30.3 Å². The average molecular weight is 421 g/mol. The Morgan fingerprint density at radius 2 is 2.04 bits per heavy atom. The molecule has 8 heteroatoms. The number of hydrogen-bond donors (Lipinski definition) is 1. The van der Waals surface area contributed by atoms with Crippen molar-refractivity contribution < 1.29 is 9.18 Å². The van der Waals surface area contributed by atoms with E-state index < -0.39 is 11.1 Å². The predicted octanol–water partition coefficient (Wildman–Crippen LogP) is 4.29. The molecule has 0 aliphatic heterocycles. The molecule has 2 aromatic carbocycles. The van der Waals surface area contributed by atoms with Crippen LogP contribution in [-0.4, -0.2) is 25.9 Å². The maximum atomic E-state index is 13.9. The van der Waals surface area contributed by atoms with Crippen LogP contribution in [0.5, 0.6) is 0 Å². The van der Waals surface area contributed by atoms with Crippen molar-refractivity contribution in [2.45, 2.75) is 17.3 Å². The van der Waals surface area contributed by atoms with Crippen molar-refractivity contribution >= 4 is 39.3 Å².